The molecule has 2 fully saturated rings. The standard InChI is InChI=1S/C20H31N3O4/c1-14-12-16-17(15(2)27-14)21-23(9-10-25-3)18(16)19(24)22-8-11-26-20(13-22)6-4-5-7-20/h14-15H,4-13H2,1-3H3/t14-,15+/m0/s1. The lowest BCUT2D eigenvalue weighted by atomic mass is 9.97. The van der Waals surface area contributed by atoms with Gasteiger partial charge in [0.05, 0.1) is 49.8 Å². The maximum atomic E-state index is 13.6. The van der Waals surface area contributed by atoms with Gasteiger partial charge in [0.1, 0.15) is 5.69 Å². The minimum absolute atomic E-state index is 0.0794. The van der Waals surface area contributed by atoms with Gasteiger partial charge in [0.2, 0.25) is 0 Å². The van der Waals surface area contributed by atoms with Gasteiger partial charge in [0.25, 0.3) is 5.91 Å². The molecule has 1 aliphatic carbocycles. The second kappa shape index (κ2) is 7.53. The van der Waals surface area contributed by atoms with E-state index in [0.717, 1.165) is 36.2 Å². The number of ether oxygens (including phenoxy) is 3. The van der Waals surface area contributed by atoms with Gasteiger partial charge in [0.15, 0.2) is 0 Å². The molecule has 0 bridgehead atoms. The smallest absolute Gasteiger partial charge is 0.272 e. The summed E-state index contributed by atoms with van der Waals surface area (Å²) in [6.45, 7) is 7.13. The van der Waals surface area contributed by atoms with Crippen LogP contribution in [-0.4, -0.2) is 65.7 Å². The molecular formula is C20H31N3O4. The molecule has 7 nitrogen and oxygen atoms in total. The second-order valence-electron chi connectivity index (χ2n) is 8.19. The van der Waals surface area contributed by atoms with Gasteiger partial charge in [-0.25, -0.2) is 0 Å². The second-order valence-corrected chi connectivity index (χ2v) is 8.19. The van der Waals surface area contributed by atoms with Gasteiger partial charge in [0, 0.05) is 25.6 Å². The topological polar surface area (TPSA) is 65.8 Å². The van der Waals surface area contributed by atoms with E-state index in [4.69, 9.17) is 19.3 Å². The molecule has 27 heavy (non-hydrogen) atoms. The lowest BCUT2D eigenvalue weighted by Crippen LogP contribution is -2.52. The Bertz CT molecular complexity index is 696. The van der Waals surface area contributed by atoms with Crippen LogP contribution in [0.1, 0.15) is 67.4 Å². The number of carbonyl (C=O) groups is 1. The normalized spacial score (nSPS) is 27.1. The molecule has 2 aliphatic heterocycles. The van der Waals surface area contributed by atoms with Gasteiger partial charge >= 0.3 is 0 Å². The zero-order chi connectivity index (χ0) is 19.0. The predicted octanol–water partition coefficient (Wildman–Crippen LogP) is 2.34. The number of aromatic nitrogens is 2. The Morgan fingerprint density at radius 3 is 2.85 bits per heavy atom. The molecule has 1 saturated carbocycles. The highest BCUT2D eigenvalue weighted by molar-refractivity contribution is 5.94. The third-order valence-corrected chi connectivity index (χ3v) is 6.15. The van der Waals surface area contributed by atoms with Crippen LogP contribution in [0.4, 0.5) is 0 Å². The summed E-state index contributed by atoms with van der Waals surface area (Å²) in [6, 6.07) is 0. The molecule has 0 radical (unpaired) electrons. The van der Waals surface area contributed by atoms with Crippen molar-refractivity contribution in [1.29, 1.82) is 0 Å². The zero-order valence-electron chi connectivity index (χ0n) is 16.7. The molecule has 0 aromatic carbocycles. The lowest BCUT2D eigenvalue weighted by molar-refractivity contribution is -0.0950. The van der Waals surface area contributed by atoms with Crippen molar-refractivity contribution in [2.24, 2.45) is 0 Å². The van der Waals surface area contributed by atoms with Crippen molar-refractivity contribution in [3.8, 4) is 0 Å². The fourth-order valence-electron chi connectivity index (χ4n) is 4.86. The fourth-order valence-corrected chi connectivity index (χ4v) is 4.86. The van der Waals surface area contributed by atoms with E-state index >= 15 is 0 Å². The SMILES string of the molecule is COCCn1nc2c(c1C(=O)N1CCOC3(CCCC3)C1)C[C@H](C)O[C@@H]2C. The number of rotatable bonds is 4. The van der Waals surface area contributed by atoms with Crippen molar-refractivity contribution in [3.63, 3.8) is 0 Å². The number of morpholine rings is 1. The van der Waals surface area contributed by atoms with E-state index in [-0.39, 0.29) is 23.7 Å². The number of amides is 1. The Morgan fingerprint density at radius 1 is 1.33 bits per heavy atom. The number of nitrogens with zero attached hydrogens (tertiary/aromatic N) is 3. The van der Waals surface area contributed by atoms with Crippen molar-refractivity contribution < 1.29 is 19.0 Å². The van der Waals surface area contributed by atoms with E-state index in [0.29, 0.717) is 32.8 Å². The van der Waals surface area contributed by atoms with Crippen LogP contribution in [0.5, 0.6) is 0 Å². The molecule has 1 spiro atoms. The number of hydrogen-bond acceptors (Lipinski definition) is 5. The van der Waals surface area contributed by atoms with Crippen LogP contribution in [0.3, 0.4) is 0 Å². The Hall–Kier alpha value is -1.44. The molecule has 4 rings (SSSR count). The first-order chi connectivity index (χ1) is 13.0. The third kappa shape index (κ3) is 3.52. The van der Waals surface area contributed by atoms with E-state index < -0.39 is 0 Å². The number of hydrogen-bond donors (Lipinski definition) is 0. The molecule has 7 heteroatoms. The van der Waals surface area contributed by atoms with Gasteiger partial charge in [-0.15, -0.1) is 0 Å². The van der Waals surface area contributed by atoms with Crippen LogP contribution in [0.2, 0.25) is 0 Å². The average Bonchev–Trinajstić information content (AvgIpc) is 3.24. The summed E-state index contributed by atoms with van der Waals surface area (Å²) in [5.74, 6) is 0.0794. The van der Waals surface area contributed by atoms with Crippen molar-refractivity contribution in [2.45, 2.75) is 70.3 Å². The summed E-state index contributed by atoms with van der Waals surface area (Å²) in [7, 11) is 1.67. The number of fused-ring (bicyclic) bond motifs is 1. The quantitative estimate of drug-likeness (QED) is 0.806. The Kier molecular flexibility index (Phi) is 5.27. The Balaban J connectivity index is 1.65. The van der Waals surface area contributed by atoms with Gasteiger partial charge in [-0.05, 0) is 26.7 Å². The van der Waals surface area contributed by atoms with E-state index in [1.807, 2.05) is 16.5 Å². The summed E-state index contributed by atoms with van der Waals surface area (Å²) in [6.07, 6.45) is 5.21. The average molecular weight is 377 g/mol. The molecule has 3 heterocycles. The monoisotopic (exact) mass is 377 g/mol. The summed E-state index contributed by atoms with van der Waals surface area (Å²) in [5, 5.41) is 4.74. The molecule has 0 N–H and O–H groups in total. The largest absolute Gasteiger partial charge is 0.383 e. The highest BCUT2D eigenvalue weighted by Gasteiger charge is 2.42. The minimum Gasteiger partial charge on any atom is -0.383 e. The van der Waals surface area contributed by atoms with Gasteiger partial charge < -0.3 is 19.1 Å². The molecule has 1 aromatic heterocycles. The molecule has 3 aliphatic rings. The summed E-state index contributed by atoms with van der Waals surface area (Å²) in [4.78, 5) is 15.6. The van der Waals surface area contributed by atoms with Crippen LogP contribution < -0.4 is 0 Å². The van der Waals surface area contributed by atoms with Crippen molar-refractivity contribution in [2.75, 3.05) is 33.4 Å². The highest BCUT2D eigenvalue weighted by Crippen LogP contribution is 2.37. The Morgan fingerprint density at radius 2 is 2.11 bits per heavy atom. The van der Waals surface area contributed by atoms with Crippen LogP contribution in [0.15, 0.2) is 0 Å². The van der Waals surface area contributed by atoms with Crippen molar-refractivity contribution in [1.82, 2.24) is 14.7 Å². The van der Waals surface area contributed by atoms with Gasteiger partial charge in [-0.2, -0.15) is 5.10 Å². The molecular weight excluding hydrogens is 346 g/mol. The summed E-state index contributed by atoms with van der Waals surface area (Å²) >= 11 is 0. The first kappa shape index (κ1) is 18.9. The van der Waals surface area contributed by atoms with E-state index in [2.05, 4.69) is 6.92 Å². The molecule has 1 amide bonds. The predicted molar refractivity (Wildman–Crippen MR) is 99.8 cm³/mol. The first-order valence-corrected chi connectivity index (χ1v) is 10.2. The molecule has 150 valence electrons. The van der Waals surface area contributed by atoms with Gasteiger partial charge in [-0.1, -0.05) is 12.8 Å². The van der Waals surface area contributed by atoms with Crippen LogP contribution in [0, 0.1) is 0 Å². The number of carbonyl (C=O) groups excluding carboxylic acids is 1. The molecule has 2 atom stereocenters. The zero-order valence-corrected chi connectivity index (χ0v) is 16.7. The summed E-state index contributed by atoms with van der Waals surface area (Å²) < 4.78 is 19.1. The maximum Gasteiger partial charge on any atom is 0.272 e. The van der Waals surface area contributed by atoms with E-state index in [9.17, 15) is 4.79 Å². The number of methoxy groups -OCH3 is 1. The van der Waals surface area contributed by atoms with Crippen LogP contribution in [0.25, 0.3) is 0 Å². The maximum absolute atomic E-state index is 13.6. The first-order valence-electron chi connectivity index (χ1n) is 10.2. The molecule has 0 unspecified atom stereocenters. The lowest BCUT2D eigenvalue weighted by Gasteiger charge is -2.40. The minimum atomic E-state index is -0.130. The van der Waals surface area contributed by atoms with Crippen molar-refractivity contribution >= 4 is 5.91 Å². The van der Waals surface area contributed by atoms with Crippen LogP contribution >= 0.6 is 0 Å². The molecule has 1 saturated heterocycles. The fraction of sp³-hybridized carbons (Fsp3) is 0.800. The Labute approximate surface area is 160 Å². The van der Waals surface area contributed by atoms with E-state index in [1.54, 1.807) is 7.11 Å². The van der Waals surface area contributed by atoms with Crippen LogP contribution in [-0.2, 0) is 27.2 Å². The summed E-state index contributed by atoms with van der Waals surface area (Å²) in [5.41, 5.74) is 2.54. The third-order valence-electron chi connectivity index (χ3n) is 6.15. The van der Waals surface area contributed by atoms with E-state index in [1.165, 1.54) is 12.8 Å². The highest BCUT2D eigenvalue weighted by atomic mass is 16.5. The molecule has 1 aromatic rings. The van der Waals surface area contributed by atoms with Gasteiger partial charge in [-0.3, -0.25) is 9.48 Å². The van der Waals surface area contributed by atoms with Crippen molar-refractivity contribution in [3.05, 3.63) is 17.0 Å².